The van der Waals surface area contributed by atoms with Crippen molar-refractivity contribution in [1.29, 1.82) is 0 Å². The molecular formula is C36H40ClN5O3. The van der Waals surface area contributed by atoms with Crippen LogP contribution >= 0.6 is 11.6 Å². The van der Waals surface area contributed by atoms with Gasteiger partial charge in [0.15, 0.2) is 0 Å². The lowest BCUT2D eigenvalue weighted by Crippen LogP contribution is -2.27. The molecule has 3 aromatic carbocycles. The Labute approximate surface area is 269 Å². The van der Waals surface area contributed by atoms with Gasteiger partial charge in [-0.15, -0.1) is 11.6 Å². The maximum Gasteiger partial charge on any atom is 0.264 e. The summed E-state index contributed by atoms with van der Waals surface area (Å²) in [6, 6.07) is 26.0. The molecule has 0 saturated carbocycles. The number of hydrogen-bond donors (Lipinski definition) is 1. The van der Waals surface area contributed by atoms with E-state index in [1.54, 1.807) is 18.8 Å². The molecule has 0 fully saturated rings. The SMILES string of the molecule is CCC[C@H](C)Nc1nc(N(Cc2ccc(OC)cc2)Cc2ccc(OC)cc2)nc2ccn(Cc3ccc(CCl)cc3)c(=O)c12. The maximum absolute atomic E-state index is 14.0. The maximum atomic E-state index is 14.0. The second kappa shape index (κ2) is 14.9. The predicted molar refractivity (Wildman–Crippen MR) is 183 cm³/mol. The molecule has 45 heavy (non-hydrogen) atoms. The van der Waals surface area contributed by atoms with Crippen LogP contribution in [0.5, 0.6) is 11.5 Å². The molecule has 1 atom stereocenters. The van der Waals surface area contributed by atoms with E-state index in [4.69, 9.17) is 31.0 Å². The molecule has 1 N–H and O–H groups in total. The second-order valence-corrected chi connectivity index (χ2v) is 11.5. The van der Waals surface area contributed by atoms with Crippen molar-refractivity contribution in [3.8, 4) is 11.5 Å². The number of halogens is 1. The summed E-state index contributed by atoms with van der Waals surface area (Å²) >= 11 is 5.97. The zero-order valence-electron chi connectivity index (χ0n) is 26.3. The van der Waals surface area contributed by atoms with Crippen molar-refractivity contribution in [2.75, 3.05) is 24.4 Å². The Hall–Kier alpha value is -4.56. The van der Waals surface area contributed by atoms with E-state index >= 15 is 0 Å². The molecule has 2 aromatic heterocycles. The van der Waals surface area contributed by atoms with Crippen LogP contribution in [0.2, 0.25) is 0 Å². The summed E-state index contributed by atoms with van der Waals surface area (Å²) in [5.74, 6) is 3.13. The van der Waals surface area contributed by atoms with Crippen LogP contribution in [0, 0.1) is 0 Å². The van der Waals surface area contributed by atoms with Gasteiger partial charge in [-0.25, -0.2) is 4.98 Å². The van der Waals surface area contributed by atoms with Crippen LogP contribution < -0.4 is 25.2 Å². The summed E-state index contributed by atoms with van der Waals surface area (Å²) in [4.78, 5) is 26.1. The molecule has 0 unspecified atom stereocenters. The summed E-state index contributed by atoms with van der Waals surface area (Å²) in [7, 11) is 3.32. The highest BCUT2D eigenvalue weighted by Gasteiger charge is 2.19. The van der Waals surface area contributed by atoms with Gasteiger partial charge in [0.2, 0.25) is 5.95 Å². The average molecular weight is 626 g/mol. The largest absolute Gasteiger partial charge is 0.497 e. The number of nitrogens with one attached hydrogen (secondary N) is 1. The van der Waals surface area contributed by atoms with Gasteiger partial charge in [-0.05, 0) is 65.9 Å². The van der Waals surface area contributed by atoms with Gasteiger partial charge >= 0.3 is 0 Å². The van der Waals surface area contributed by atoms with E-state index in [1.165, 1.54) is 0 Å². The Kier molecular flexibility index (Phi) is 10.6. The molecule has 9 heteroatoms. The molecule has 0 spiro atoms. The van der Waals surface area contributed by atoms with E-state index in [0.29, 0.717) is 48.2 Å². The van der Waals surface area contributed by atoms with Gasteiger partial charge < -0.3 is 24.3 Å². The van der Waals surface area contributed by atoms with Gasteiger partial charge in [-0.3, -0.25) is 4.79 Å². The van der Waals surface area contributed by atoms with Crippen LogP contribution in [0.25, 0.3) is 10.9 Å². The minimum Gasteiger partial charge on any atom is -0.497 e. The van der Waals surface area contributed by atoms with Crippen LogP contribution in [0.4, 0.5) is 11.8 Å². The van der Waals surface area contributed by atoms with E-state index in [1.807, 2.05) is 85.1 Å². The average Bonchev–Trinajstić information content (AvgIpc) is 3.06. The van der Waals surface area contributed by atoms with Crippen LogP contribution in [0.15, 0.2) is 89.9 Å². The molecule has 0 amide bonds. The summed E-state index contributed by atoms with van der Waals surface area (Å²) in [5.41, 5.74) is 4.68. The first-order valence-electron chi connectivity index (χ1n) is 15.2. The number of fused-ring (bicyclic) bond motifs is 1. The molecule has 0 aliphatic heterocycles. The highest BCUT2D eigenvalue weighted by atomic mass is 35.5. The highest BCUT2D eigenvalue weighted by Crippen LogP contribution is 2.26. The van der Waals surface area contributed by atoms with Crippen molar-refractivity contribution in [2.24, 2.45) is 0 Å². The third kappa shape index (κ3) is 7.94. The quantitative estimate of drug-likeness (QED) is 0.129. The second-order valence-electron chi connectivity index (χ2n) is 11.2. The van der Waals surface area contributed by atoms with Gasteiger partial charge in [-0.1, -0.05) is 61.9 Å². The fraction of sp³-hybridized carbons (Fsp3) is 0.306. The van der Waals surface area contributed by atoms with E-state index in [2.05, 4.69) is 24.1 Å². The van der Waals surface area contributed by atoms with Crippen molar-refractivity contribution in [3.05, 3.63) is 118 Å². The Bertz CT molecular complexity index is 1710. The summed E-state index contributed by atoms with van der Waals surface area (Å²) in [5, 5.41) is 4.03. The lowest BCUT2D eigenvalue weighted by atomic mass is 10.1. The van der Waals surface area contributed by atoms with Crippen LogP contribution in [-0.2, 0) is 25.5 Å². The number of ether oxygens (including phenoxy) is 2. The van der Waals surface area contributed by atoms with Crippen molar-refractivity contribution in [1.82, 2.24) is 14.5 Å². The number of anilines is 2. The molecule has 5 rings (SSSR count). The lowest BCUT2D eigenvalue weighted by molar-refractivity contribution is 0.414. The minimum atomic E-state index is -0.136. The first-order valence-corrected chi connectivity index (χ1v) is 15.8. The molecule has 2 heterocycles. The Morgan fingerprint density at radius 2 is 1.38 bits per heavy atom. The number of nitrogens with zero attached hydrogens (tertiary/aromatic N) is 4. The van der Waals surface area contributed by atoms with Gasteiger partial charge in [-0.2, -0.15) is 4.98 Å². The summed E-state index contributed by atoms with van der Waals surface area (Å²) < 4.78 is 12.5. The molecule has 8 nitrogen and oxygen atoms in total. The monoisotopic (exact) mass is 625 g/mol. The van der Waals surface area contributed by atoms with Crippen LogP contribution in [0.3, 0.4) is 0 Å². The number of rotatable bonds is 14. The fourth-order valence-corrected chi connectivity index (χ4v) is 5.49. The fourth-order valence-electron chi connectivity index (χ4n) is 5.31. The molecule has 0 bridgehead atoms. The first kappa shape index (κ1) is 31.9. The predicted octanol–water partition coefficient (Wildman–Crippen LogP) is 7.40. The number of aromatic nitrogens is 3. The first-order chi connectivity index (χ1) is 21.9. The number of benzene rings is 3. The normalized spacial score (nSPS) is 11.8. The van der Waals surface area contributed by atoms with E-state index < -0.39 is 0 Å². The highest BCUT2D eigenvalue weighted by molar-refractivity contribution is 6.17. The topological polar surface area (TPSA) is 81.5 Å². The van der Waals surface area contributed by atoms with Gasteiger partial charge in [0, 0.05) is 31.2 Å². The van der Waals surface area contributed by atoms with Crippen molar-refractivity contribution in [2.45, 2.75) is 58.2 Å². The zero-order valence-corrected chi connectivity index (χ0v) is 27.1. The summed E-state index contributed by atoms with van der Waals surface area (Å²) in [6.07, 6.45) is 3.76. The number of alkyl halides is 1. The molecular weight excluding hydrogens is 586 g/mol. The summed E-state index contributed by atoms with van der Waals surface area (Å²) in [6.45, 7) is 5.81. The molecule has 5 aromatic rings. The van der Waals surface area contributed by atoms with Crippen molar-refractivity contribution >= 4 is 34.3 Å². The Balaban J connectivity index is 1.58. The lowest BCUT2D eigenvalue weighted by Gasteiger charge is -2.25. The van der Waals surface area contributed by atoms with Crippen molar-refractivity contribution < 1.29 is 9.47 Å². The van der Waals surface area contributed by atoms with E-state index in [0.717, 1.165) is 46.6 Å². The standard InChI is InChI=1S/C36H40ClN5O3/c1-5-6-25(2)38-34-33-32(19-20-41(35(33)43)22-27-9-7-26(21-37)8-10-27)39-36(40-34)42(23-28-11-15-30(44-3)16-12-28)24-29-13-17-31(45-4)18-14-29/h7-20,25H,5-6,21-24H2,1-4H3,(H,38,39,40)/t25-/m0/s1. The third-order valence-corrected chi connectivity index (χ3v) is 8.10. The molecule has 0 aliphatic rings. The van der Waals surface area contributed by atoms with Gasteiger partial charge in [0.1, 0.15) is 22.7 Å². The number of hydrogen-bond acceptors (Lipinski definition) is 7. The zero-order chi connectivity index (χ0) is 31.8. The number of methoxy groups -OCH3 is 2. The van der Waals surface area contributed by atoms with Crippen LogP contribution in [0.1, 0.15) is 48.9 Å². The van der Waals surface area contributed by atoms with Gasteiger partial charge in [0.05, 0.1) is 26.3 Å². The molecule has 0 saturated heterocycles. The Morgan fingerprint density at radius 1 is 0.822 bits per heavy atom. The smallest absolute Gasteiger partial charge is 0.264 e. The van der Waals surface area contributed by atoms with E-state index in [-0.39, 0.29) is 11.6 Å². The number of pyridine rings is 1. The molecule has 0 radical (unpaired) electrons. The van der Waals surface area contributed by atoms with Gasteiger partial charge in [0.25, 0.3) is 5.56 Å². The van der Waals surface area contributed by atoms with Crippen molar-refractivity contribution in [3.63, 3.8) is 0 Å². The molecule has 0 aliphatic carbocycles. The van der Waals surface area contributed by atoms with E-state index in [9.17, 15) is 4.79 Å². The van der Waals surface area contributed by atoms with Crippen LogP contribution in [-0.4, -0.2) is 34.8 Å². The third-order valence-electron chi connectivity index (χ3n) is 7.80. The Morgan fingerprint density at radius 3 is 1.91 bits per heavy atom. The molecule has 234 valence electrons. The minimum absolute atomic E-state index is 0.119.